The number of nitro groups is 1. The summed E-state index contributed by atoms with van der Waals surface area (Å²) in [6.07, 6.45) is 0. The number of non-ortho nitro benzene ring substituents is 1. The number of benzene rings is 3. The standard InChI is InChI=1S/C26H23Cl2FN6O2S/c27-19-3-10-24(23(28)15-19)34-25(30-31-26(34)38-17-18-1-4-20(29)5-2-18)16-32-11-13-33(14-12-32)21-6-8-22(9-7-21)35(36)37/h1-10,15H,11-14,16-17H2. The zero-order valence-electron chi connectivity index (χ0n) is 20.1. The SMILES string of the molecule is O=[N+]([O-])c1ccc(N2CCN(Cc3nnc(SCc4ccc(F)cc4)n3-c3ccc(Cl)cc3Cl)CC2)cc1. The van der Waals surface area contributed by atoms with E-state index < -0.39 is 4.92 Å². The summed E-state index contributed by atoms with van der Waals surface area (Å²) >= 11 is 14.2. The minimum atomic E-state index is -0.392. The summed E-state index contributed by atoms with van der Waals surface area (Å²) in [6.45, 7) is 3.70. The molecule has 196 valence electrons. The molecule has 38 heavy (non-hydrogen) atoms. The molecule has 0 aliphatic carbocycles. The number of hydrogen-bond donors (Lipinski definition) is 0. The minimum absolute atomic E-state index is 0.0840. The lowest BCUT2D eigenvalue weighted by Gasteiger charge is -2.35. The maximum atomic E-state index is 13.3. The molecule has 4 aromatic rings. The first-order valence-corrected chi connectivity index (χ1v) is 13.6. The number of rotatable bonds is 8. The molecule has 3 aromatic carbocycles. The Morgan fingerprint density at radius 1 is 0.947 bits per heavy atom. The number of nitrogens with zero attached hydrogens (tertiary/aromatic N) is 6. The Morgan fingerprint density at radius 2 is 1.66 bits per heavy atom. The molecule has 0 bridgehead atoms. The highest BCUT2D eigenvalue weighted by Crippen LogP contribution is 2.31. The third-order valence-electron chi connectivity index (χ3n) is 6.30. The van der Waals surface area contributed by atoms with Crippen LogP contribution in [-0.4, -0.2) is 50.8 Å². The van der Waals surface area contributed by atoms with E-state index in [1.54, 1.807) is 36.4 Å². The maximum Gasteiger partial charge on any atom is 0.269 e. The zero-order chi connectivity index (χ0) is 26.6. The van der Waals surface area contributed by atoms with Crippen LogP contribution in [0.3, 0.4) is 0 Å². The minimum Gasteiger partial charge on any atom is -0.369 e. The van der Waals surface area contributed by atoms with E-state index in [0.717, 1.165) is 48.9 Å². The van der Waals surface area contributed by atoms with Crippen LogP contribution in [-0.2, 0) is 12.3 Å². The number of anilines is 1. The van der Waals surface area contributed by atoms with Crippen LogP contribution < -0.4 is 4.90 Å². The molecular formula is C26H23Cl2FN6O2S. The quantitative estimate of drug-likeness (QED) is 0.140. The van der Waals surface area contributed by atoms with E-state index in [-0.39, 0.29) is 11.5 Å². The predicted octanol–water partition coefficient (Wildman–Crippen LogP) is 6.24. The molecule has 0 spiro atoms. The summed E-state index contributed by atoms with van der Waals surface area (Å²) < 4.78 is 15.3. The van der Waals surface area contributed by atoms with Gasteiger partial charge in [0.2, 0.25) is 0 Å². The van der Waals surface area contributed by atoms with Crippen molar-refractivity contribution in [2.45, 2.75) is 17.5 Å². The number of thioether (sulfide) groups is 1. The van der Waals surface area contributed by atoms with Crippen LogP contribution in [0.1, 0.15) is 11.4 Å². The molecule has 8 nitrogen and oxygen atoms in total. The average Bonchev–Trinajstić information content (AvgIpc) is 3.30. The van der Waals surface area contributed by atoms with E-state index in [1.807, 2.05) is 10.6 Å². The van der Waals surface area contributed by atoms with Gasteiger partial charge in [-0.05, 0) is 48.0 Å². The second-order valence-electron chi connectivity index (χ2n) is 8.78. The fourth-order valence-electron chi connectivity index (χ4n) is 4.28. The van der Waals surface area contributed by atoms with E-state index in [2.05, 4.69) is 20.0 Å². The summed E-state index contributed by atoms with van der Waals surface area (Å²) in [7, 11) is 0. The van der Waals surface area contributed by atoms with Crippen molar-refractivity contribution in [3.8, 4) is 5.69 Å². The number of nitro benzene ring substituents is 1. The first-order chi connectivity index (χ1) is 18.4. The first-order valence-electron chi connectivity index (χ1n) is 11.9. The first kappa shape index (κ1) is 26.4. The van der Waals surface area contributed by atoms with Gasteiger partial charge in [0, 0.05) is 54.8 Å². The van der Waals surface area contributed by atoms with Gasteiger partial charge in [-0.1, -0.05) is 47.1 Å². The van der Waals surface area contributed by atoms with Gasteiger partial charge in [-0.25, -0.2) is 4.39 Å². The highest BCUT2D eigenvalue weighted by atomic mass is 35.5. The highest BCUT2D eigenvalue weighted by Gasteiger charge is 2.23. The number of piperazine rings is 1. The normalized spacial score (nSPS) is 14.1. The molecule has 0 atom stereocenters. The van der Waals surface area contributed by atoms with Gasteiger partial charge in [0.25, 0.3) is 5.69 Å². The lowest BCUT2D eigenvalue weighted by Crippen LogP contribution is -2.46. The summed E-state index contributed by atoms with van der Waals surface area (Å²) in [6, 6.07) is 18.4. The molecule has 2 heterocycles. The summed E-state index contributed by atoms with van der Waals surface area (Å²) in [5.74, 6) is 1.07. The molecule has 0 radical (unpaired) electrons. The van der Waals surface area contributed by atoms with Crippen LogP contribution >= 0.6 is 35.0 Å². The van der Waals surface area contributed by atoms with Gasteiger partial charge in [0.15, 0.2) is 11.0 Å². The van der Waals surface area contributed by atoms with Gasteiger partial charge in [0.05, 0.1) is 22.2 Å². The van der Waals surface area contributed by atoms with Gasteiger partial charge >= 0.3 is 0 Å². The number of hydrogen-bond acceptors (Lipinski definition) is 7. The van der Waals surface area contributed by atoms with Gasteiger partial charge in [-0.3, -0.25) is 19.6 Å². The van der Waals surface area contributed by atoms with Crippen LogP contribution in [0.25, 0.3) is 5.69 Å². The lowest BCUT2D eigenvalue weighted by molar-refractivity contribution is -0.384. The fraction of sp³-hybridized carbons (Fsp3) is 0.231. The Bertz CT molecular complexity index is 1430. The molecule has 1 aromatic heterocycles. The van der Waals surface area contributed by atoms with Crippen LogP contribution in [0.4, 0.5) is 15.8 Å². The molecule has 1 fully saturated rings. The van der Waals surface area contributed by atoms with Gasteiger partial charge in [-0.2, -0.15) is 0 Å². The molecule has 12 heteroatoms. The van der Waals surface area contributed by atoms with Crippen molar-refractivity contribution < 1.29 is 9.31 Å². The zero-order valence-corrected chi connectivity index (χ0v) is 22.5. The largest absolute Gasteiger partial charge is 0.369 e. The van der Waals surface area contributed by atoms with E-state index in [4.69, 9.17) is 23.2 Å². The third kappa shape index (κ3) is 6.10. The van der Waals surface area contributed by atoms with E-state index in [1.165, 1.54) is 36.0 Å². The monoisotopic (exact) mass is 572 g/mol. The smallest absolute Gasteiger partial charge is 0.269 e. The van der Waals surface area contributed by atoms with Gasteiger partial charge in [0.1, 0.15) is 5.82 Å². The van der Waals surface area contributed by atoms with E-state index in [0.29, 0.717) is 27.5 Å². The maximum absolute atomic E-state index is 13.3. The summed E-state index contributed by atoms with van der Waals surface area (Å²) in [5, 5.41) is 21.6. The molecule has 1 aliphatic rings. The molecular weight excluding hydrogens is 550 g/mol. The summed E-state index contributed by atoms with van der Waals surface area (Å²) in [5.41, 5.74) is 2.76. The van der Waals surface area contributed by atoms with Crippen molar-refractivity contribution in [1.82, 2.24) is 19.7 Å². The van der Waals surface area contributed by atoms with Gasteiger partial charge < -0.3 is 4.90 Å². The molecule has 5 rings (SSSR count). The number of aromatic nitrogens is 3. The Morgan fingerprint density at radius 3 is 2.32 bits per heavy atom. The van der Waals surface area contributed by atoms with Crippen molar-refractivity contribution >= 4 is 46.3 Å². The highest BCUT2D eigenvalue weighted by molar-refractivity contribution is 7.98. The lowest BCUT2D eigenvalue weighted by atomic mass is 10.2. The molecule has 1 saturated heterocycles. The average molecular weight is 573 g/mol. The second kappa shape index (κ2) is 11.7. The molecule has 0 unspecified atom stereocenters. The van der Waals surface area contributed by atoms with Crippen LogP contribution in [0.2, 0.25) is 10.0 Å². The number of halogens is 3. The Hall–Kier alpha value is -3.18. The summed E-state index contributed by atoms with van der Waals surface area (Å²) in [4.78, 5) is 15.1. The van der Waals surface area contributed by atoms with Crippen molar-refractivity contribution in [1.29, 1.82) is 0 Å². The van der Waals surface area contributed by atoms with E-state index in [9.17, 15) is 14.5 Å². The van der Waals surface area contributed by atoms with Gasteiger partial charge in [-0.15, -0.1) is 10.2 Å². The van der Waals surface area contributed by atoms with Crippen molar-refractivity contribution in [3.63, 3.8) is 0 Å². The van der Waals surface area contributed by atoms with Crippen molar-refractivity contribution in [3.05, 3.63) is 104 Å². The van der Waals surface area contributed by atoms with Crippen LogP contribution in [0.5, 0.6) is 0 Å². The molecule has 0 amide bonds. The Kier molecular flexibility index (Phi) is 8.13. The molecule has 0 saturated carbocycles. The Labute approximate surface area is 233 Å². The fourth-order valence-corrected chi connectivity index (χ4v) is 5.69. The Balaban J connectivity index is 1.32. The topological polar surface area (TPSA) is 80.3 Å². The van der Waals surface area contributed by atoms with Crippen molar-refractivity contribution in [2.75, 3.05) is 31.1 Å². The third-order valence-corrected chi connectivity index (χ3v) is 7.83. The molecule has 1 aliphatic heterocycles. The van der Waals surface area contributed by atoms with Crippen molar-refractivity contribution in [2.24, 2.45) is 0 Å². The predicted molar refractivity (Wildman–Crippen MR) is 148 cm³/mol. The van der Waals surface area contributed by atoms with E-state index >= 15 is 0 Å². The second-order valence-corrected chi connectivity index (χ2v) is 10.6. The molecule has 0 N–H and O–H groups in total. The van der Waals surface area contributed by atoms with Crippen LogP contribution in [0, 0.1) is 15.9 Å². The van der Waals surface area contributed by atoms with Crippen LogP contribution in [0.15, 0.2) is 71.9 Å².